The highest BCUT2D eigenvalue weighted by atomic mass is 32.1. The Morgan fingerprint density at radius 1 is 1.36 bits per heavy atom. The molecular formula is C19H27N3O2S. The molecule has 136 valence electrons. The summed E-state index contributed by atoms with van der Waals surface area (Å²) in [6, 6.07) is 6.18. The van der Waals surface area contributed by atoms with Crippen LogP contribution < -0.4 is 5.01 Å². The number of carbonyl (C=O) groups is 1. The van der Waals surface area contributed by atoms with E-state index < -0.39 is 5.60 Å². The van der Waals surface area contributed by atoms with Gasteiger partial charge in [-0.25, -0.2) is 14.8 Å². The van der Waals surface area contributed by atoms with Gasteiger partial charge in [-0.15, -0.1) is 11.3 Å². The number of benzene rings is 1. The van der Waals surface area contributed by atoms with Crippen LogP contribution in [0.15, 0.2) is 18.2 Å². The Labute approximate surface area is 153 Å². The molecule has 1 aliphatic rings. The van der Waals surface area contributed by atoms with Crippen molar-refractivity contribution in [3.05, 3.63) is 23.2 Å². The first-order valence-electron chi connectivity index (χ1n) is 8.92. The van der Waals surface area contributed by atoms with Gasteiger partial charge in [-0.3, -0.25) is 5.01 Å². The second-order valence-electron chi connectivity index (χ2n) is 7.61. The van der Waals surface area contributed by atoms with E-state index in [0.717, 1.165) is 20.9 Å². The minimum Gasteiger partial charge on any atom is -0.442 e. The van der Waals surface area contributed by atoms with Crippen LogP contribution >= 0.6 is 11.3 Å². The number of aryl methyl sites for hydroxylation is 1. The molecule has 1 amide bonds. The van der Waals surface area contributed by atoms with Crippen LogP contribution in [0.5, 0.6) is 0 Å². The van der Waals surface area contributed by atoms with E-state index in [0.29, 0.717) is 19.0 Å². The van der Waals surface area contributed by atoms with Crippen LogP contribution in [0.25, 0.3) is 10.2 Å². The Hall–Kier alpha value is -1.82. The number of carbonyl (C=O) groups excluding carboxylic acids is 1. The molecule has 0 atom stereocenters. The fraction of sp³-hybridized carbons (Fsp3) is 0.579. The minimum absolute atomic E-state index is 0.276. The summed E-state index contributed by atoms with van der Waals surface area (Å²) in [5, 5.41) is 4.86. The Balaban J connectivity index is 1.90. The van der Waals surface area contributed by atoms with E-state index in [9.17, 15) is 4.79 Å². The van der Waals surface area contributed by atoms with Crippen LogP contribution in [0.4, 0.5) is 10.5 Å². The summed E-state index contributed by atoms with van der Waals surface area (Å²) < 4.78 is 6.80. The van der Waals surface area contributed by atoms with Crippen LogP contribution in [-0.2, 0) is 4.74 Å². The van der Waals surface area contributed by atoms with Crippen molar-refractivity contribution in [3.8, 4) is 0 Å². The molecule has 1 aliphatic carbocycles. The van der Waals surface area contributed by atoms with Crippen molar-refractivity contribution in [3.63, 3.8) is 0 Å². The fourth-order valence-electron chi connectivity index (χ4n) is 2.81. The molecule has 25 heavy (non-hydrogen) atoms. The quantitative estimate of drug-likeness (QED) is 0.704. The van der Waals surface area contributed by atoms with Crippen molar-refractivity contribution in [1.29, 1.82) is 0 Å². The van der Waals surface area contributed by atoms with Gasteiger partial charge in [-0.05, 0) is 71.6 Å². The maximum absolute atomic E-state index is 12.8. The van der Waals surface area contributed by atoms with Gasteiger partial charge in [0.2, 0.25) is 0 Å². The highest BCUT2D eigenvalue weighted by Gasteiger charge is 2.33. The van der Waals surface area contributed by atoms with E-state index in [2.05, 4.69) is 18.0 Å². The smallest absolute Gasteiger partial charge is 0.429 e. The van der Waals surface area contributed by atoms with E-state index in [-0.39, 0.29) is 6.09 Å². The standard InChI is InChI=1S/C19H27N3O2S/c1-6-21(15-9-10-16-17(11-15)25-13(2)20-16)22(12-14-7-8-14)18(23)24-19(3,4)5/h9-11,14H,6-8,12H2,1-5H3. The minimum atomic E-state index is -0.503. The van der Waals surface area contributed by atoms with Crippen LogP contribution in [0, 0.1) is 12.8 Å². The molecule has 0 unspecified atom stereocenters. The highest BCUT2D eigenvalue weighted by molar-refractivity contribution is 7.18. The Bertz CT molecular complexity index is 762. The molecule has 3 rings (SSSR count). The molecule has 1 aromatic heterocycles. The maximum atomic E-state index is 12.8. The number of ether oxygens (including phenoxy) is 1. The van der Waals surface area contributed by atoms with Gasteiger partial charge < -0.3 is 4.74 Å². The van der Waals surface area contributed by atoms with Gasteiger partial charge in [0, 0.05) is 13.1 Å². The third-order valence-corrected chi connectivity index (χ3v) is 5.03. The van der Waals surface area contributed by atoms with E-state index in [1.54, 1.807) is 16.3 Å². The first kappa shape index (κ1) is 18.0. The average Bonchev–Trinajstić information content (AvgIpc) is 3.24. The van der Waals surface area contributed by atoms with Gasteiger partial charge in [0.05, 0.1) is 20.9 Å². The molecule has 0 spiro atoms. The molecule has 1 saturated carbocycles. The number of hydrazine groups is 1. The van der Waals surface area contributed by atoms with Crippen molar-refractivity contribution >= 4 is 33.3 Å². The largest absolute Gasteiger partial charge is 0.442 e. The van der Waals surface area contributed by atoms with Crippen LogP contribution in [0.2, 0.25) is 0 Å². The lowest BCUT2D eigenvalue weighted by molar-refractivity contribution is 0.0217. The Kier molecular flexibility index (Phi) is 4.91. The summed E-state index contributed by atoms with van der Waals surface area (Å²) in [7, 11) is 0. The molecule has 1 heterocycles. The number of nitrogens with zero attached hydrogens (tertiary/aromatic N) is 3. The summed E-state index contributed by atoms with van der Waals surface area (Å²) in [5.41, 5.74) is 1.51. The van der Waals surface area contributed by atoms with Gasteiger partial charge >= 0.3 is 6.09 Å². The third-order valence-electron chi connectivity index (χ3n) is 4.10. The number of anilines is 1. The zero-order chi connectivity index (χ0) is 18.2. The van der Waals surface area contributed by atoms with E-state index in [1.165, 1.54) is 12.8 Å². The average molecular weight is 362 g/mol. The molecule has 0 radical (unpaired) electrons. The topological polar surface area (TPSA) is 45.7 Å². The van der Waals surface area contributed by atoms with Crippen molar-refractivity contribution < 1.29 is 9.53 Å². The van der Waals surface area contributed by atoms with Gasteiger partial charge in [0.15, 0.2) is 0 Å². The summed E-state index contributed by atoms with van der Waals surface area (Å²) in [6.07, 6.45) is 2.09. The number of hydrogen-bond acceptors (Lipinski definition) is 5. The van der Waals surface area contributed by atoms with Crippen molar-refractivity contribution in [2.24, 2.45) is 5.92 Å². The van der Waals surface area contributed by atoms with Crippen LogP contribution in [-0.4, -0.2) is 34.8 Å². The number of rotatable bonds is 5. The van der Waals surface area contributed by atoms with Crippen LogP contribution in [0.3, 0.4) is 0 Å². The zero-order valence-corrected chi connectivity index (χ0v) is 16.5. The zero-order valence-electron chi connectivity index (χ0n) is 15.7. The molecule has 5 nitrogen and oxygen atoms in total. The molecule has 1 aromatic carbocycles. The number of amides is 1. The lowest BCUT2D eigenvalue weighted by Gasteiger charge is -2.37. The molecule has 2 aromatic rings. The third kappa shape index (κ3) is 4.42. The maximum Gasteiger partial charge on any atom is 0.429 e. The second-order valence-corrected chi connectivity index (χ2v) is 8.84. The summed E-state index contributed by atoms with van der Waals surface area (Å²) in [4.78, 5) is 17.3. The van der Waals surface area contributed by atoms with Gasteiger partial charge in [0.1, 0.15) is 5.60 Å². The molecule has 0 aliphatic heterocycles. The summed E-state index contributed by atoms with van der Waals surface area (Å²) in [5.74, 6) is 0.580. The molecule has 0 N–H and O–H groups in total. The Morgan fingerprint density at radius 2 is 2.08 bits per heavy atom. The number of fused-ring (bicyclic) bond motifs is 1. The second kappa shape index (κ2) is 6.83. The predicted molar refractivity (Wildman–Crippen MR) is 103 cm³/mol. The molecule has 6 heteroatoms. The monoisotopic (exact) mass is 361 g/mol. The summed E-state index contributed by atoms with van der Waals surface area (Å²) in [6.45, 7) is 11.2. The highest BCUT2D eigenvalue weighted by Crippen LogP contribution is 2.33. The van der Waals surface area contributed by atoms with Gasteiger partial charge in [0.25, 0.3) is 0 Å². The fourth-order valence-corrected chi connectivity index (χ4v) is 3.67. The molecule has 0 bridgehead atoms. The van der Waals surface area contributed by atoms with Gasteiger partial charge in [-0.1, -0.05) is 0 Å². The first-order chi connectivity index (χ1) is 11.8. The summed E-state index contributed by atoms with van der Waals surface area (Å²) >= 11 is 1.68. The molecular weight excluding hydrogens is 334 g/mol. The lowest BCUT2D eigenvalue weighted by atomic mass is 10.2. The van der Waals surface area contributed by atoms with Crippen molar-refractivity contribution in [1.82, 2.24) is 9.99 Å². The first-order valence-corrected chi connectivity index (χ1v) is 9.73. The normalized spacial score (nSPS) is 14.6. The lowest BCUT2D eigenvalue weighted by Crippen LogP contribution is -2.49. The predicted octanol–water partition coefficient (Wildman–Crippen LogP) is 4.99. The van der Waals surface area contributed by atoms with Crippen LogP contribution in [0.1, 0.15) is 45.5 Å². The number of thiazole rings is 1. The van der Waals surface area contributed by atoms with E-state index >= 15 is 0 Å². The van der Waals surface area contributed by atoms with Gasteiger partial charge in [-0.2, -0.15) is 0 Å². The molecule has 1 fully saturated rings. The Morgan fingerprint density at radius 3 is 2.68 bits per heavy atom. The van der Waals surface area contributed by atoms with E-state index in [4.69, 9.17) is 4.74 Å². The number of aromatic nitrogens is 1. The number of hydrogen-bond donors (Lipinski definition) is 0. The van der Waals surface area contributed by atoms with E-state index in [1.807, 2.05) is 44.8 Å². The van der Waals surface area contributed by atoms with Crippen molar-refractivity contribution in [2.45, 2.75) is 53.1 Å². The SMILES string of the molecule is CCN(c1ccc2nc(C)sc2c1)N(CC1CC1)C(=O)OC(C)(C)C. The van der Waals surface area contributed by atoms with Crippen molar-refractivity contribution in [2.75, 3.05) is 18.1 Å². The molecule has 0 saturated heterocycles.